The van der Waals surface area contributed by atoms with Gasteiger partial charge >= 0.3 is 0 Å². The molecule has 1 aliphatic rings. The number of benzene rings is 1. The van der Waals surface area contributed by atoms with Crippen molar-refractivity contribution < 1.29 is 5.11 Å². The summed E-state index contributed by atoms with van der Waals surface area (Å²) in [7, 11) is 0. The molecular formula is C18H26N2O. The molecule has 0 saturated carbocycles. The third-order valence-corrected chi connectivity index (χ3v) is 4.53. The minimum Gasteiger partial charge on any atom is -0.395 e. The van der Waals surface area contributed by atoms with Gasteiger partial charge in [-0.3, -0.25) is 0 Å². The number of hydrogen-bond donors (Lipinski definition) is 3. The molecule has 3 heteroatoms. The number of aliphatic hydroxyl groups excluding tert-OH is 1. The van der Waals surface area contributed by atoms with Gasteiger partial charge in [-0.15, -0.1) is 0 Å². The van der Waals surface area contributed by atoms with Gasteiger partial charge in [-0.05, 0) is 43.2 Å². The number of aromatic amines is 1. The first-order valence-corrected chi connectivity index (χ1v) is 8.15. The number of aromatic nitrogens is 1. The van der Waals surface area contributed by atoms with Crippen molar-refractivity contribution in [2.75, 3.05) is 6.61 Å². The molecule has 1 aromatic heterocycles. The van der Waals surface area contributed by atoms with Gasteiger partial charge in [-0.1, -0.05) is 32.0 Å². The molecule has 1 heterocycles. The van der Waals surface area contributed by atoms with E-state index in [0.29, 0.717) is 12.0 Å². The largest absolute Gasteiger partial charge is 0.395 e. The van der Waals surface area contributed by atoms with Crippen LogP contribution in [-0.2, 0) is 6.42 Å². The second-order valence-corrected chi connectivity index (χ2v) is 6.68. The Morgan fingerprint density at radius 3 is 2.90 bits per heavy atom. The zero-order valence-corrected chi connectivity index (χ0v) is 13.0. The van der Waals surface area contributed by atoms with Crippen LogP contribution in [0.25, 0.3) is 10.9 Å². The van der Waals surface area contributed by atoms with E-state index in [4.69, 9.17) is 0 Å². The maximum absolute atomic E-state index is 9.62. The van der Waals surface area contributed by atoms with Crippen molar-refractivity contribution in [1.82, 2.24) is 10.3 Å². The topological polar surface area (TPSA) is 48.0 Å². The molecule has 3 nitrogen and oxygen atoms in total. The van der Waals surface area contributed by atoms with E-state index in [-0.39, 0.29) is 12.6 Å². The monoisotopic (exact) mass is 286 g/mol. The summed E-state index contributed by atoms with van der Waals surface area (Å²) in [5, 5.41) is 14.7. The molecule has 3 rings (SSSR count). The van der Waals surface area contributed by atoms with Crippen LogP contribution in [0.5, 0.6) is 0 Å². The summed E-state index contributed by atoms with van der Waals surface area (Å²) in [4.78, 5) is 3.60. The Balaban J connectivity index is 1.86. The molecule has 2 atom stereocenters. The Morgan fingerprint density at radius 1 is 1.33 bits per heavy atom. The minimum atomic E-state index is 0.187. The van der Waals surface area contributed by atoms with Crippen LogP contribution in [0.1, 0.15) is 50.4 Å². The minimum absolute atomic E-state index is 0.187. The molecule has 0 fully saturated rings. The molecule has 0 aliphatic heterocycles. The van der Waals surface area contributed by atoms with E-state index in [2.05, 4.69) is 48.4 Å². The highest BCUT2D eigenvalue weighted by molar-refractivity contribution is 5.85. The molecule has 2 aromatic rings. The molecular weight excluding hydrogens is 260 g/mol. The van der Waals surface area contributed by atoms with Crippen molar-refractivity contribution in [3.63, 3.8) is 0 Å². The number of para-hydroxylation sites is 1. The number of aliphatic hydroxyl groups is 1. The fourth-order valence-corrected chi connectivity index (χ4v) is 3.63. The predicted molar refractivity (Wildman–Crippen MR) is 87.4 cm³/mol. The first-order chi connectivity index (χ1) is 10.2. The van der Waals surface area contributed by atoms with Crippen LogP contribution in [0, 0.1) is 5.92 Å². The molecule has 0 saturated heterocycles. The summed E-state index contributed by atoms with van der Waals surface area (Å²) >= 11 is 0. The van der Waals surface area contributed by atoms with Crippen LogP contribution in [-0.4, -0.2) is 22.7 Å². The van der Waals surface area contributed by atoms with Crippen LogP contribution >= 0.6 is 0 Å². The van der Waals surface area contributed by atoms with Gasteiger partial charge in [0.15, 0.2) is 0 Å². The van der Waals surface area contributed by atoms with Gasteiger partial charge in [0.1, 0.15) is 0 Å². The normalized spacial score (nSPS) is 19.9. The van der Waals surface area contributed by atoms with Crippen LogP contribution < -0.4 is 5.32 Å². The Labute approximate surface area is 126 Å². The average Bonchev–Trinajstić information content (AvgIpc) is 2.86. The van der Waals surface area contributed by atoms with Crippen molar-refractivity contribution in [2.45, 2.75) is 51.6 Å². The Hall–Kier alpha value is -1.32. The summed E-state index contributed by atoms with van der Waals surface area (Å²) in [5.74, 6) is 0.598. The van der Waals surface area contributed by atoms with Gasteiger partial charge < -0.3 is 15.4 Å². The fourth-order valence-electron chi connectivity index (χ4n) is 3.63. The highest BCUT2D eigenvalue weighted by Crippen LogP contribution is 2.35. The SMILES string of the molecule is CC(C)CC(CO)NC1CCCc2c1[nH]c1ccccc21. The molecule has 1 aromatic carbocycles. The molecule has 21 heavy (non-hydrogen) atoms. The third-order valence-electron chi connectivity index (χ3n) is 4.53. The van der Waals surface area contributed by atoms with E-state index < -0.39 is 0 Å². The number of hydrogen-bond acceptors (Lipinski definition) is 2. The molecule has 0 radical (unpaired) electrons. The summed E-state index contributed by atoms with van der Waals surface area (Å²) in [6.07, 6.45) is 4.54. The number of H-pyrrole nitrogens is 1. The Morgan fingerprint density at radius 2 is 2.14 bits per heavy atom. The molecule has 3 N–H and O–H groups in total. The van der Waals surface area contributed by atoms with Gasteiger partial charge in [-0.2, -0.15) is 0 Å². The standard InChI is InChI=1S/C18H26N2O/c1-12(2)10-13(11-21)19-17-9-5-7-15-14-6-3-4-8-16(14)20-18(15)17/h3-4,6,8,12-13,17,19-21H,5,7,9-11H2,1-2H3. The van der Waals surface area contributed by atoms with Gasteiger partial charge in [0.25, 0.3) is 0 Å². The first kappa shape index (κ1) is 14.6. The van der Waals surface area contributed by atoms with Crippen LogP contribution in [0.15, 0.2) is 24.3 Å². The zero-order valence-electron chi connectivity index (χ0n) is 13.0. The summed E-state index contributed by atoms with van der Waals surface area (Å²) in [6.45, 7) is 4.63. The van der Waals surface area contributed by atoms with Crippen molar-refractivity contribution in [3.8, 4) is 0 Å². The van der Waals surface area contributed by atoms with Crippen LogP contribution in [0.4, 0.5) is 0 Å². The molecule has 0 spiro atoms. The highest BCUT2D eigenvalue weighted by atomic mass is 16.3. The lowest BCUT2D eigenvalue weighted by molar-refractivity contribution is 0.208. The Bertz CT molecular complexity index is 602. The number of fused-ring (bicyclic) bond motifs is 3. The lowest BCUT2D eigenvalue weighted by Gasteiger charge is -2.29. The van der Waals surface area contributed by atoms with Gasteiger partial charge in [0.2, 0.25) is 0 Å². The van der Waals surface area contributed by atoms with E-state index in [0.717, 1.165) is 19.3 Å². The van der Waals surface area contributed by atoms with Crippen LogP contribution in [0.2, 0.25) is 0 Å². The molecule has 0 bridgehead atoms. The molecule has 114 valence electrons. The molecule has 2 unspecified atom stereocenters. The maximum Gasteiger partial charge on any atom is 0.0584 e. The van der Waals surface area contributed by atoms with Gasteiger partial charge in [0, 0.05) is 28.7 Å². The van der Waals surface area contributed by atoms with Crippen molar-refractivity contribution in [1.29, 1.82) is 0 Å². The fraction of sp³-hybridized carbons (Fsp3) is 0.556. The number of nitrogens with one attached hydrogen (secondary N) is 2. The van der Waals surface area contributed by atoms with E-state index in [1.807, 2.05) is 0 Å². The second kappa shape index (κ2) is 6.20. The lowest BCUT2D eigenvalue weighted by atomic mass is 9.90. The van der Waals surface area contributed by atoms with E-state index in [1.54, 1.807) is 0 Å². The predicted octanol–water partition coefficient (Wildman–Crippen LogP) is 3.54. The van der Waals surface area contributed by atoms with E-state index in [1.165, 1.54) is 28.6 Å². The van der Waals surface area contributed by atoms with Gasteiger partial charge in [-0.25, -0.2) is 0 Å². The first-order valence-electron chi connectivity index (χ1n) is 8.15. The molecule has 0 amide bonds. The quantitative estimate of drug-likeness (QED) is 0.787. The van der Waals surface area contributed by atoms with E-state index >= 15 is 0 Å². The highest BCUT2D eigenvalue weighted by Gasteiger charge is 2.26. The van der Waals surface area contributed by atoms with Crippen molar-refractivity contribution in [3.05, 3.63) is 35.5 Å². The average molecular weight is 286 g/mol. The van der Waals surface area contributed by atoms with Crippen molar-refractivity contribution in [2.24, 2.45) is 5.92 Å². The molecule has 1 aliphatic carbocycles. The second-order valence-electron chi connectivity index (χ2n) is 6.68. The van der Waals surface area contributed by atoms with E-state index in [9.17, 15) is 5.11 Å². The number of rotatable bonds is 5. The smallest absolute Gasteiger partial charge is 0.0584 e. The van der Waals surface area contributed by atoms with Crippen molar-refractivity contribution >= 4 is 10.9 Å². The maximum atomic E-state index is 9.62. The zero-order chi connectivity index (χ0) is 14.8. The number of aryl methyl sites for hydroxylation is 1. The lowest BCUT2D eigenvalue weighted by Crippen LogP contribution is -2.38. The Kier molecular flexibility index (Phi) is 4.32. The summed E-state index contributed by atoms with van der Waals surface area (Å²) in [5.41, 5.74) is 4.04. The summed E-state index contributed by atoms with van der Waals surface area (Å²) in [6, 6.07) is 9.10. The van der Waals surface area contributed by atoms with Crippen LogP contribution in [0.3, 0.4) is 0 Å². The summed E-state index contributed by atoms with van der Waals surface area (Å²) < 4.78 is 0. The third kappa shape index (κ3) is 2.99. The van der Waals surface area contributed by atoms with Gasteiger partial charge in [0.05, 0.1) is 6.61 Å².